The van der Waals surface area contributed by atoms with Crippen molar-refractivity contribution in [1.82, 2.24) is 5.32 Å². The second-order valence-corrected chi connectivity index (χ2v) is 9.19. The molecule has 1 aromatic carbocycles. The molecule has 0 spiro atoms. The van der Waals surface area contributed by atoms with Gasteiger partial charge in [-0.3, -0.25) is 9.59 Å². The Morgan fingerprint density at radius 3 is 2.36 bits per heavy atom. The fraction of sp³-hybridized carbons (Fsp3) is 0.500. The Bertz CT molecular complexity index is 1020. The number of hydrogen-bond acceptors (Lipinski definition) is 7. The lowest BCUT2D eigenvalue weighted by molar-refractivity contribution is -0.151. The number of carbonyl (C=O) groups excluding carboxylic acids is 3. The van der Waals surface area contributed by atoms with Crippen LogP contribution in [0.5, 0.6) is 5.75 Å². The largest absolute Gasteiger partial charge is 0.491 e. The van der Waals surface area contributed by atoms with E-state index in [1.807, 2.05) is 45.0 Å². The molecular weight excluding hydrogens is 422 g/mol. The molecule has 0 bridgehead atoms. The van der Waals surface area contributed by atoms with E-state index >= 15 is 0 Å². The summed E-state index contributed by atoms with van der Waals surface area (Å²) < 4.78 is 16.6. The van der Waals surface area contributed by atoms with Crippen molar-refractivity contribution in [2.45, 2.75) is 66.1 Å². The van der Waals surface area contributed by atoms with Crippen molar-refractivity contribution in [2.75, 3.05) is 7.11 Å². The molecule has 3 rings (SSSR count). The number of ether oxygens (including phenoxy) is 3. The second-order valence-electron chi connectivity index (χ2n) is 9.19. The maximum Gasteiger partial charge on any atom is 0.337 e. The first-order valence-corrected chi connectivity index (χ1v) is 11.4. The van der Waals surface area contributed by atoms with E-state index in [4.69, 9.17) is 14.2 Å². The normalized spacial score (nSPS) is 22.8. The fourth-order valence-corrected chi connectivity index (χ4v) is 4.62. The number of methoxy groups -OCH3 is 1. The highest BCUT2D eigenvalue weighted by Gasteiger charge is 2.47. The molecule has 3 atom stereocenters. The summed E-state index contributed by atoms with van der Waals surface area (Å²) in [5, 5.41) is 3.27. The van der Waals surface area contributed by atoms with Crippen LogP contribution in [0.2, 0.25) is 0 Å². The van der Waals surface area contributed by atoms with Gasteiger partial charge >= 0.3 is 11.9 Å². The van der Waals surface area contributed by atoms with Gasteiger partial charge < -0.3 is 19.5 Å². The minimum atomic E-state index is -0.933. The SMILES string of the molecule is COC(=O)[C@@H]1C(=O)C2=C(C[C@@H]1C)NC(C)=C(C(=O)OC(C)C)[C@@H]2c1ccccc1OC(C)C. The Morgan fingerprint density at radius 2 is 1.76 bits per heavy atom. The van der Waals surface area contributed by atoms with Crippen LogP contribution in [0.4, 0.5) is 0 Å². The van der Waals surface area contributed by atoms with Gasteiger partial charge in [0.2, 0.25) is 0 Å². The second kappa shape index (κ2) is 9.81. The molecule has 0 saturated heterocycles. The summed E-state index contributed by atoms with van der Waals surface area (Å²) in [7, 11) is 1.28. The topological polar surface area (TPSA) is 90.9 Å². The Hall–Kier alpha value is -3.09. The third-order valence-electron chi connectivity index (χ3n) is 5.90. The number of allylic oxidation sites excluding steroid dienone is 3. The maximum absolute atomic E-state index is 13.8. The maximum atomic E-state index is 13.8. The number of para-hydroxylation sites is 1. The van der Waals surface area contributed by atoms with Gasteiger partial charge in [-0.25, -0.2) is 4.79 Å². The van der Waals surface area contributed by atoms with E-state index < -0.39 is 23.8 Å². The molecule has 178 valence electrons. The molecule has 7 heteroatoms. The average Bonchev–Trinajstić information content (AvgIpc) is 2.71. The van der Waals surface area contributed by atoms with E-state index in [2.05, 4.69) is 5.32 Å². The Morgan fingerprint density at radius 1 is 1.09 bits per heavy atom. The molecule has 33 heavy (non-hydrogen) atoms. The van der Waals surface area contributed by atoms with Crippen LogP contribution in [0.1, 0.15) is 59.4 Å². The Labute approximate surface area is 195 Å². The lowest BCUT2D eigenvalue weighted by Crippen LogP contribution is -2.43. The predicted molar refractivity (Wildman–Crippen MR) is 123 cm³/mol. The van der Waals surface area contributed by atoms with Gasteiger partial charge in [-0.2, -0.15) is 0 Å². The van der Waals surface area contributed by atoms with E-state index in [9.17, 15) is 14.4 Å². The van der Waals surface area contributed by atoms with Crippen molar-refractivity contribution < 1.29 is 28.6 Å². The van der Waals surface area contributed by atoms with Gasteiger partial charge in [0.05, 0.1) is 30.8 Å². The summed E-state index contributed by atoms with van der Waals surface area (Å²) in [6.45, 7) is 11.1. The van der Waals surface area contributed by atoms with Crippen molar-refractivity contribution in [3.05, 3.63) is 52.4 Å². The van der Waals surface area contributed by atoms with Crippen molar-refractivity contribution in [3.8, 4) is 5.75 Å². The number of Topliss-reactive ketones (excluding diaryl/α,β-unsaturated/α-hetero) is 1. The van der Waals surface area contributed by atoms with Crippen molar-refractivity contribution >= 4 is 17.7 Å². The van der Waals surface area contributed by atoms with Gasteiger partial charge in [0.25, 0.3) is 0 Å². The molecule has 1 aromatic rings. The van der Waals surface area contributed by atoms with Crippen molar-refractivity contribution in [1.29, 1.82) is 0 Å². The first kappa shape index (κ1) is 24.6. The lowest BCUT2D eigenvalue weighted by atomic mass is 9.69. The number of benzene rings is 1. The summed E-state index contributed by atoms with van der Waals surface area (Å²) >= 11 is 0. The van der Waals surface area contributed by atoms with Crippen LogP contribution >= 0.6 is 0 Å². The van der Waals surface area contributed by atoms with E-state index in [0.717, 1.165) is 5.70 Å². The predicted octanol–water partition coefficient (Wildman–Crippen LogP) is 4.04. The smallest absolute Gasteiger partial charge is 0.337 e. The molecule has 2 aliphatic rings. The number of hydrogen-bond donors (Lipinski definition) is 1. The average molecular weight is 456 g/mol. The Kier molecular flexibility index (Phi) is 7.30. The highest BCUT2D eigenvalue weighted by Crippen LogP contribution is 2.47. The molecule has 1 aliphatic heterocycles. The summed E-state index contributed by atoms with van der Waals surface area (Å²) in [6.07, 6.45) is 0.0391. The van der Waals surface area contributed by atoms with Crippen LogP contribution in [0.3, 0.4) is 0 Å². The van der Waals surface area contributed by atoms with Crippen LogP contribution in [0.15, 0.2) is 46.8 Å². The molecule has 0 unspecified atom stereocenters. The fourth-order valence-electron chi connectivity index (χ4n) is 4.62. The third kappa shape index (κ3) is 4.82. The Balaban J connectivity index is 2.24. The van der Waals surface area contributed by atoms with Crippen LogP contribution in [0, 0.1) is 11.8 Å². The molecule has 0 radical (unpaired) electrons. The van der Waals surface area contributed by atoms with Gasteiger partial charge in [-0.1, -0.05) is 25.1 Å². The molecule has 1 aliphatic carbocycles. The zero-order chi connectivity index (χ0) is 24.4. The number of dihydropyridines is 1. The standard InChI is InChI=1S/C26H33NO6/c1-13(2)32-19-11-9-8-10-17(19)22-21(26(30)33-14(3)4)16(6)27-18-12-15(5)20(25(29)31-7)24(28)23(18)22/h8-11,13-15,20,22,27H,12H2,1-7H3/t15-,20-,22-/m0/s1. The number of carbonyl (C=O) groups is 3. The van der Waals surface area contributed by atoms with Gasteiger partial charge in [-0.15, -0.1) is 0 Å². The van der Waals surface area contributed by atoms with Crippen molar-refractivity contribution in [3.63, 3.8) is 0 Å². The molecule has 0 amide bonds. The first-order valence-electron chi connectivity index (χ1n) is 11.4. The van der Waals surface area contributed by atoms with E-state index in [-0.39, 0.29) is 23.9 Å². The van der Waals surface area contributed by atoms with Crippen LogP contribution in [-0.2, 0) is 23.9 Å². The van der Waals surface area contributed by atoms with Gasteiger partial charge in [0.1, 0.15) is 11.7 Å². The van der Waals surface area contributed by atoms with Gasteiger partial charge in [-0.05, 0) is 53.0 Å². The van der Waals surface area contributed by atoms with Crippen LogP contribution < -0.4 is 10.1 Å². The van der Waals surface area contributed by atoms with Crippen LogP contribution in [-0.4, -0.2) is 37.0 Å². The van der Waals surface area contributed by atoms with E-state index in [1.54, 1.807) is 20.8 Å². The summed E-state index contributed by atoms with van der Waals surface area (Å²) in [4.78, 5) is 39.6. The molecule has 0 aromatic heterocycles. The first-order chi connectivity index (χ1) is 15.6. The molecular formula is C26H33NO6. The minimum absolute atomic E-state index is 0.109. The monoisotopic (exact) mass is 455 g/mol. The highest BCUT2D eigenvalue weighted by molar-refractivity contribution is 6.12. The lowest BCUT2D eigenvalue weighted by Gasteiger charge is -2.38. The minimum Gasteiger partial charge on any atom is -0.491 e. The molecule has 0 fully saturated rings. The third-order valence-corrected chi connectivity index (χ3v) is 5.90. The van der Waals surface area contributed by atoms with E-state index in [0.29, 0.717) is 34.6 Å². The molecule has 0 saturated carbocycles. The number of esters is 2. The summed E-state index contributed by atoms with van der Waals surface area (Å²) in [5.74, 6) is -2.73. The zero-order valence-electron chi connectivity index (χ0n) is 20.4. The highest BCUT2D eigenvalue weighted by atomic mass is 16.5. The number of rotatable bonds is 6. The number of ketones is 1. The summed E-state index contributed by atoms with van der Waals surface area (Å²) in [5.41, 5.74) is 2.76. The quantitative estimate of drug-likeness (QED) is 0.511. The molecule has 1 heterocycles. The van der Waals surface area contributed by atoms with Crippen LogP contribution in [0.25, 0.3) is 0 Å². The van der Waals surface area contributed by atoms with Crippen molar-refractivity contribution in [2.24, 2.45) is 11.8 Å². The molecule has 1 N–H and O–H groups in total. The van der Waals surface area contributed by atoms with Gasteiger partial charge in [0, 0.05) is 22.5 Å². The molecule has 7 nitrogen and oxygen atoms in total. The van der Waals surface area contributed by atoms with Gasteiger partial charge in [0.15, 0.2) is 5.78 Å². The number of nitrogens with one attached hydrogen (secondary N) is 1. The zero-order valence-corrected chi connectivity index (χ0v) is 20.4. The summed E-state index contributed by atoms with van der Waals surface area (Å²) in [6, 6.07) is 7.38. The van der Waals surface area contributed by atoms with E-state index in [1.165, 1.54) is 7.11 Å².